The minimum atomic E-state index is -4.49. The van der Waals surface area contributed by atoms with Crippen molar-refractivity contribution in [1.29, 1.82) is 0 Å². The second-order valence-electron chi connectivity index (χ2n) is 6.50. The van der Waals surface area contributed by atoms with E-state index in [1.807, 2.05) is 0 Å². The summed E-state index contributed by atoms with van der Waals surface area (Å²) >= 11 is 0. The zero-order valence-electron chi connectivity index (χ0n) is 15.9. The maximum atomic E-state index is 13.1. The summed E-state index contributed by atoms with van der Waals surface area (Å²) in [5, 5.41) is 9.21. The van der Waals surface area contributed by atoms with Crippen LogP contribution in [-0.2, 0) is 12.8 Å². The van der Waals surface area contributed by atoms with Gasteiger partial charge in [-0.15, -0.1) is 0 Å². The van der Waals surface area contributed by atoms with Crippen LogP contribution in [0.3, 0.4) is 0 Å². The SMILES string of the molecule is O=c1cc(CO)occ1OCCCCCOc1ccnc2c(C(F)(F)F)cccc12. The van der Waals surface area contributed by atoms with Crippen LogP contribution in [0.5, 0.6) is 11.5 Å². The third-order valence-electron chi connectivity index (χ3n) is 4.35. The fraction of sp³-hybridized carbons (Fsp3) is 0.333. The lowest BCUT2D eigenvalue weighted by Gasteiger charge is -2.13. The number of ether oxygens (including phenoxy) is 2. The molecule has 1 aromatic carbocycles. The van der Waals surface area contributed by atoms with Crippen molar-refractivity contribution in [3.8, 4) is 11.5 Å². The molecule has 0 amide bonds. The van der Waals surface area contributed by atoms with Gasteiger partial charge in [0.05, 0.1) is 24.3 Å². The van der Waals surface area contributed by atoms with Crippen LogP contribution in [0.25, 0.3) is 10.9 Å². The molecular formula is C21H20F3NO5. The van der Waals surface area contributed by atoms with E-state index in [9.17, 15) is 18.0 Å². The van der Waals surface area contributed by atoms with Crippen LogP contribution in [0, 0.1) is 0 Å². The second-order valence-corrected chi connectivity index (χ2v) is 6.50. The smallest absolute Gasteiger partial charge is 0.418 e. The first kappa shape index (κ1) is 21.6. The van der Waals surface area contributed by atoms with Gasteiger partial charge < -0.3 is 19.0 Å². The fourth-order valence-corrected chi connectivity index (χ4v) is 2.88. The fourth-order valence-electron chi connectivity index (χ4n) is 2.88. The number of benzene rings is 1. The molecule has 6 nitrogen and oxygen atoms in total. The van der Waals surface area contributed by atoms with E-state index in [1.165, 1.54) is 24.6 Å². The van der Waals surface area contributed by atoms with Crippen molar-refractivity contribution in [3.05, 3.63) is 64.3 Å². The minimum absolute atomic E-state index is 0.0761. The number of aromatic nitrogens is 1. The molecule has 0 aliphatic heterocycles. The number of hydrogen-bond donors (Lipinski definition) is 1. The molecule has 3 aromatic rings. The lowest BCUT2D eigenvalue weighted by molar-refractivity contribution is -0.136. The Labute approximate surface area is 169 Å². The van der Waals surface area contributed by atoms with Gasteiger partial charge in [0.2, 0.25) is 11.2 Å². The van der Waals surface area contributed by atoms with E-state index in [0.717, 1.165) is 12.5 Å². The molecule has 0 saturated heterocycles. The highest BCUT2D eigenvalue weighted by molar-refractivity contribution is 5.87. The molecule has 0 unspecified atom stereocenters. The Morgan fingerprint density at radius 2 is 1.77 bits per heavy atom. The van der Waals surface area contributed by atoms with Crippen molar-refractivity contribution >= 4 is 10.9 Å². The highest BCUT2D eigenvalue weighted by Gasteiger charge is 2.33. The lowest BCUT2D eigenvalue weighted by atomic mass is 10.1. The van der Waals surface area contributed by atoms with Gasteiger partial charge in [-0.2, -0.15) is 13.2 Å². The Balaban J connectivity index is 1.47. The van der Waals surface area contributed by atoms with Crippen LogP contribution < -0.4 is 14.9 Å². The van der Waals surface area contributed by atoms with Gasteiger partial charge in [-0.3, -0.25) is 9.78 Å². The van der Waals surface area contributed by atoms with Gasteiger partial charge in [0, 0.05) is 17.6 Å². The molecule has 0 aliphatic carbocycles. The quantitative estimate of drug-likeness (QED) is 0.516. The highest BCUT2D eigenvalue weighted by Crippen LogP contribution is 2.36. The molecule has 160 valence electrons. The number of pyridine rings is 1. The maximum absolute atomic E-state index is 13.1. The van der Waals surface area contributed by atoms with E-state index in [2.05, 4.69) is 4.98 Å². The summed E-state index contributed by atoms with van der Waals surface area (Å²) in [6.45, 7) is 0.263. The molecule has 0 atom stereocenters. The summed E-state index contributed by atoms with van der Waals surface area (Å²) in [4.78, 5) is 15.6. The van der Waals surface area contributed by atoms with E-state index in [0.29, 0.717) is 37.2 Å². The number of aliphatic hydroxyl groups excluding tert-OH is 1. The highest BCUT2D eigenvalue weighted by atomic mass is 19.4. The van der Waals surface area contributed by atoms with E-state index in [-0.39, 0.29) is 29.1 Å². The van der Waals surface area contributed by atoms with Crippen molar-refractivity contribution in [2.24, 2.45) is 0 Å². The number of para-hydroxylation sites is 1. The number of aliphatic hydroxyl groups is 1. The standard InChI is InChI=1S/C21H20F3NO5/c22-21(23,24)16-6-4-5-15-18(7-8-25-20(15)16)28-9-2-1-3-10-29-19-13-30-14(12-26)11-17(19)27/h4-8,11,13,26H,1-3,9-10,12H2. The van der Waals surface area contributed by atoms with Gasteiger partial charge in [0.1, 0.15) is 24.4 Å². The largest absolute Gasteiger partial charge is 0.493 e. The number of hydrogen-bond acceptors (Lipinski definition) is 6. The summed E-state index contributed by atoms with van der Waals surface area (Å²) in [7, 11) is 0. The average molecular weight is 423 g/mol. The van der Waals surface area contributed by atoms with E-state index in [4.69, 9.17) is 19.0 Å². The van der Waals surface area contributed by atoms with Gasteiger partial charge in [-0.25, -0.2) is 0 Å². The Hall–Kier alpha value is -3.07. The third kappa shape index (κ3) is 5.29. The number of rotatable bonds is 9. The topological polar surface area (TPSA) is 81.8 Å². The summed E-state index contributed by atoms with van der Waals surface area (Å²) in [5.41, 5.74) is -1.29. The zero-order chi connectivity index (χ0) is 21.6. The molecule has 2 heterocycles. The number of nitrogens with zero attached hydrogens (tertiary/aromatic N) is 1. The van der Waals surface area contributed by atoms with Crippen molar-refractivity contribution in [1.82, 2.24) is 4.98 Å². The van der Waals surface area contributed by atoms with Gasteiger partial charge in [0.15, 0.2) is 0 Å². The maximum Gasteiger partial charge on any atom is 0.418 e. The van der Waals surface area contributed by atoms with E-state index < -0.39 is 11.7 Å². The molecule has 0 spiro atoms. The van der Waals surface area contributed by atoms with Crippen LogP contribution in [0.4, 0.5) is 13.2 Å². The molecule has 0 aliphatic rings. The number of halogens is 3. The average Bonchev–Trinajstić information content (AvgIpc) is 2.72. The van der Waals surface area contributed by atoms with Crippen LogP contribution in [-0.4, -0.2) is 23.3 Å². The van der Waals surface area contributed by atoms with Gasteiger partial charge >= 0.3 is 6.18 Å². The van der Waals surface area contributed by atoms with Crippen molar-refractivity contribution in [2.75, 3.05) is 13.2 Å². The predicted octanol–water partition coefficient (Wildman–Crippen LogP) is 4.33. The first-order valence-corrected chi connectivity index (χ1v) is 9.33. The Bertz CT molecular complexity index is 1050. The monoisotopic (exact) mass is 423 g/mol. The molecule has 30 heavy (non-hydrogen) atoms. The minimum Gasteiger partial charge on any atom is -0.493 e. The van der Waals surface area contributed by atoms with Crippen LogP contribution in [0.2, 0.25) is 0 Å². The van der Waals surface area contributed by atoms with Crippen LogP contribution in [0.1, 0.15) is 30.6 Å². The van der Waals surface area contributed by atoms with E-state index >= 15 is 0 Å². The molecule has 0 fully saturated rings. The summed E-state index contributed by atoms with van der Waals surface area (Å²) in [6.07, 6.45) is 0.0246. The molecule has 0 bridgehead atoms. The molecule has 3 rings (SSSR count). The van der Waals surface area contributed by atoms with Crippen molar-refractivity contribution in [3.63, 3.8) is 0 Å². The van der Waals surface area contributed by atoms with Crippen LogP contribution in [0.15, 0.2) is 52.0 Å². The Kier molecular flexibility index (Phi) is 6.94. The van der Waals surface area contributed by atoms with Gasteiger partial charge in [-0.1, -0.05) is 6.07 Å². The third-order valence-corrected chi connectivity index (χ3v) is 4.35. The van der Waals surface area contributed by atoms with Crippen molar-refractivity contribution in [2.45, 2.75) is 32.0 Å². The first-order chi connectivity index (χ1) is 14.4. The van der Waals surface area contributed by atoms with Crippen LogP contribution >= 0.6 is 0 Å². The van der Waals surface area contributed by atoms with Gasteiger partial charge in [0.25, 0.3) is 0 Å². The number of unbranched alkanes of at least 4 members (excludes halogenated alkanes) is 2. The Morgan fingerprint density at radius 3 is 2.43 bits per heavy atom. The summed E-state index contributed by atoms with van der Waals surface area (Å²) < 4.78 is 55.4. The zero-order valence-corrected chi connectivity index (χ0v) is 15.9. The molecular weight excluding hydrogens is 403 g/mol. The van der Waals surface area contributed by atoms with Crippen molar-refractivity contribution < 1.29 is 32.2 Å². The lowest BCUT2D eigenvalue weighted by Crippen LogP contribution is -2.09. The summed E-state index contributed by atoms with van der Waals surface area (Å²) in [5.74, 6) is 0.589. The Morgan fingerprint density at radius 1 is 1.03 bits per heavy atom. The number of alkyl halides is 3. The number of fused-ring (bicyclic) bond motifs is 1. The molecule has 1 N–H and O–H groups in total. The first-order valence-electron chi connectivity index (χ1n) is 9.33. The molecule has 9 heteroatoms. The molecule has 0 saturated carbocycles. The predicted molar refractivity (Wildman–Crippen MR) is 102 cm³/mol. The normalized spacial score (nSPS) is 11.6. The second kappa shape index (κ2) is 9.62. The van der Waals surface area contributed by atoms with Gasteiger partial charge in [-0.05, 0) is 37.5 Å². The molecule has 0 radical (unpaired) electrons. The van der Waals surface area contributed by atoms with E-state index in [1.54, 1.807) is 12.1 Å². The molecule has 2 aromatic heterocycles. The summed E-state index contributed by atoms with van der Waals surface area (Å²) in [6, 6.07) is 6.60.